The minimum absolute atomic E-state index is 0.371. The monoisotopic (exact) mass is 420 g/mol. The van der Waals surface area contributed by atoms with Crippen LogP contribution in [0.5, 0.6) is 0 Å². The van der Waals surface area contributed by atoms with Crippen molar-refractivity contribution in [1.82, 2.24) is 30.2 Å². The highest BCUT2D eigenvalue weighted by Crippen LogP contribution is 2.42. The molecule has 0 atom stereocenters. The number of rotatable bonds is 2. The molecule has 1 N–H and O–H groups in total. The molecule has 3 aromatic heterocycles. The third-order valence-corrected chi connectivity index (χ3v) is 6.61. The van der Waals surface area contributed by atoms with E-state index in [1.165, 1.54) is 5.56 Å². The quantitative estimate of drug-likeness (QED) is 0.514. The number of hydrogen-bond acceptors (Lipinski definition) is 6. The molecule has 0 amide bonds. The molecule has 4 heterocycles. The second kappa shape index (κ2) is 7.18. The van der Waals surface area contributed by atoms with Crippen LogP contribution in [-0.4, -0.2) is 24.9 Å². The molecular weight excluding hydrogens is 400 g/mol. The van der Waals surface area contributed by atoms with Gasteiger partial charge in [0, 0.05) is 29.6 Å². The van der Waals surface area contributed by atoms with Crippen LogP contribution in [0, 0.1) is 0 Å². The van der Waals surface area contributed by atoms with E-state index in [0.717, 1.165) is 71.4 Å². The van der Waals surface area contributed by atoms with Crippen molar-refractivity contribution in [3.05, 3.63) is 64.5 Å². The molecule has 0 radical (unpaired) electrons. The molecule has 1 saturated carbocycles. The van der Waals surface area contributed by atoms with Crippen molar-refractivity contribution in [2.24, 2.45) is 0 Å². The van der Waals surface area contributed by atoms with E-state index in [1.54, 1.807) is 6.20 Å². The highest BCUT2D eigenvalue weighted by molar-refractivity contribution is 6.30. The molecule has 0 spiro atoms. The predicted molar refractivity (Wildman–Crippen MR) is 113 cm³/mol. The highest BCUT2D eigenvalue weighted by atomic mass is 35.5. The Labute approximate surface area is 178 Å². The van der Waals surface area contributed by atoms with Crippen molar-refractivity contribution >= 4 is 22.7 Å². The Balaban J connectivity index is 1.29. The first-order valence-corrected chi connectivity index (χ1v) is 10.8. The first-order chi connectivity index (χ1) is 14.8. The summed E-state index contributed by atoms with van der Waals surface area (Å²) >= 11 is 6.24. The van der Waals surface area contributed by atoms with Gasteiger partial charge in [-0.2, -0.15) is 0 Å². The number of fused-ring (bicyclic) bond motifs is 4. The molecule has 0 bridgehead atoms. The van der Waals surface area contributed by atoms with Gasteiger partial charge in [-0.1, -0.05) is 16.8 Å². The number of aromatic nitrogens is 5. The first kappa shape index (κ1) is 18.0. The van der Waals surface area contributed by atoms with Crippen LogP contribution in [0.1, 0.15) is 60.4 Å². The van der Waals surface area contributed by atoms with Gasteiger partial charge in [-0.05, 0) is 61.6 Å². The summed E-state index contributed by atoms with van der Waals surface area (Å²) in [5, 5.41) is 17.6. The smallest absolute Gasteiger partial charge is 0.185 e. The molecule has 1 fully saturated rings. The van der Waals surface area contributed by atoms with E-state index < -0.39 is 0 Å². The van der Waals surface area contributed by atoms with Gasteiger partial charge in [-0.3, -0.25) is 9.55 Å². The molecule has 6 rings (SSSR count). The molecule has 30 heavy (non-hydrogen) atoms. The normalized spacial score (nSPS) is 21.2. The van der Waals surface area contributed by atoms with Gasteiger partial charge in [-0.15, -0.1) is 10.2 Å². The van der Waals surface area contributed by atoms with Gasteiger partial charge in [0.1, 0.15) is 17.0 Å². The summed E-state index contributed by atoms with van der Waals surface area (Å²) in [6.45, 7) is 1.48. The maximum absolute atomic E-state index is 6.24. The summed E-state index contributed by atoms with van der Waals surface area (Å²) in [5.74, 6) is 2.76. The minimum Gasteiger partial charge on any atom is -0.354 e. The second-order valence-electron chi connectivity index (χ2n) is 8.15. The summed E-state index contributed by atoms with van der Waals surface area (Å²) in [6.07, 6.45) is 5.96. The zero-order chi connectivity index (χ0) is 20.1. The Bertz CT molecular complexity index is 1220. The molecule has 4 aromatic rings. The van der Waals surface area contributed by atoms with E-state index in [9.17, 15) is 0 Å². The number of halogens is 1. The van der Waals surface area contributed by atoms with Gasteiger partial charge in [0.2, 0.25) is 0 Å². The maximum Gasteiger partial charge on any atom is 0.185 e. The van der Waals surface area contributed by atoms with Gasteiger partial charge >= 0.3 is 0 Å². The van der Waals surface area contributed by atoms with E-state index in [2.05, 4.69) is 36.3 Å². The number of benzene rings is 1. The standard InChI is InChI=1S/C22H21ClN6O/c23-16-7-8-17-15(10-16)11-24-12-19-26-27-22(29(17)19)14-5-3-13(4-6-14)20-21-18(30-28-20)2-1-9-25-21/h1-2,7-10,13-14,24H,3-6,11-12H2/t13-,14-. The van der Waals surface area contributed by atoms with Crippen molar-refractivity contribution in [1.29, 1.82) is 0 Å². The zero-order valence-electron chi connectivity index (χ0n) is 16.4. The van der Waals surface area contributed by atoms with Crippen molar-refractivity contribution in [2.45, 2.75) is 50.6 Å². The molecule has 7 nitrogen and oxygen atoms in total. The van der Waals surface area contributed by atoms with Crippen LogP contribution in [-0.2, 0) is 13.1 Å². The Hall–Kier alpha value is -2.77. The van der Waals surface area contributed by atoms with E-state index in [1.807, 2.05) is 24.3 Å². The SMILES string of the molecule is Clc1ccc2c(c1)CNCc1nnc([C@H]3CC[C@H](c4noc5cccnc54)CC3)n1-2. The topological polar surface area (TPSA) is 81.7 Å². The van der Waals surface area contributed by atoms with Crippen LogP contribution in [0.4, 0.5) is 0 Å². The van der Waals surface area contributed by atoms with Gasteiger partial charge in [-0.25, -0.2) is 0 Å². The largest absolute Gasteiger partial charge is 0.354 e. The van der Waals surface area contributed by atoms with Crippen LogP contribution >= 0.6 is 11.6 Å². The van der Waals surface area contributed by atoms with Gasteiger partial charge in [0.05, 0.1) is 12.2 Å². The first-order valence-electron chi connectivity index (χ1n) is 10.4. The summed E-state index contributed by atoms with van der Waals surface area (Å²) in [6, 6.07) is 9.86. The van der Waals surface area contributed by atoms with E-state index >= 15 is 0 Å². The molecule has 0 saturated heterocycles. The van der Waals surface area contributed by atoms with Crippen LogP contribution in [0.15, 0.2) is 41.1 Å². The number of nitrogens with one attached hydrogen (secondary N) is 1. The van der Waals surface area contributed by atoms with Crippen LogP contribution < -0.4 is 5.32 Å². The van der Waals surface area contributed by atoms with Crippen LogP contribution in [0.2, 0.25) is 5.02 Å². The van der Waals surface area contributed by atoms with Crippen LogP contribution in [0.25, 0.3) is 16.8 Å². The molecule has 0 unspecified atom stereocenters. The van der Waals surface area contributed by atoms with E-state index in [-0.39, 0.29) is 0 Å². The van der Waals surface area contributed by atoms with Crippen molar-refractivity contribution in [3.63, 3.8) is 0 Å². The fraction of sp³-hybridized carbons (Fsp3) is 0.364. The highest BCUT2D eigenvalue weighted by Gasteiger charge is 2.31. The van der Waals surface area contributed by atoms with E-state index in [4.69, 9.17) is 16.1 Å². The predicted octanol–water partition coefficient (Wildman–Crippen LogP) is 4.50. The molecule has 2 aliphatic rings. The zero-order valence-corrected chi connectivity index (χ0v) is 17.1. The van der Waals surface area contributed by atoms with Gasteiger partial charge in [0.25, 0.3) is 0 Å². The summed E-state index contributed by atoms with van der Waals surface area (Å²) in [5.41, 5.74) is 4.96. The molecule has 152 valence electrons. The van der Waals surface area contributed by atoms with Crippen LogP contribution in [0.3, 0.4) is 0 Å². The Morgan fingerprint density at radius 2 is 1.90 bits per heavy atom. The lowest BCUT2D eigenvalue weighted by molar-refractivity contribution is 0.360. The van der Waals surface area contributed by atoms with Crippen molar-refractivity contribution < 1.29 is 4.52 Å². The third kappa shape index (κ3) is 2.92. The van der Waals surface area contributed by atoms with Gasteiger partial charge in [0.15, 0.2) is 11.4 Å². The average Bonchev–Trinajstić information content (AvgIpc) is 3.34. The summed E-state index contributed by atoms with van der Waals surface area (Å²) in [7, 11) is 0. The molecule has 1 aromatic carbocycles. The lowest BCUT2D eigenvalue weighted by Gasteiger charge is -2.27. The lowest BCUT2D eigenvalue weighted by Crippen LogP contribution is -2.17. The fourth-order valence-corrected chi connectivity index (χ4v) is 5.08. The summed E-state index contributed by atoms with van der Waals surface area (Å²) < 4.78 is 7.72. The number of hydrogen-bond donors (Lipinski definition) is 1. The van der Waals surface area contributed by atoms with Crippen molar-refractivity contribution in [3.8, 4) is 5.69 Å². The minimum atomic E-state index is 0.371. The fourth-order valence-electron chi connectivity index (χ4n) is 4.89. The Morgan fingerprint density at radius 1 is 1.03 bits per heavy atom. The average molecular weight is 421 g/mol. The summed E-state index contributed by atoms with van der Waals surface area (Å²) in [4.78, 5) is 4.49. The van der Waals surface area contributed by atoms with Crippen molar-refractivity contribution in [2.75, 3.05) is 0 Å². The molecular formula is C22H21ClN6O. The lowest BCUT2D eigenvalue weighted by atomic mass is 9.80. The Morgan fingerprint density at radius 3 is 2.80 bits per heavy atom. The second-order valence-corrected chi connectivity index (χ2v) is 8.59. The van der Waals surface area contributed by atoms with E-state index in [0.29, 0.717) is 18.4 Å². The number of nitrogens with zero attached hydrogens (tertiary/aromatic N) is 5. The third-order valence-electron chi connectivity index (χ3n) is 6.37. The van der Waals surface area contributed by atoms with Gasteiger partial charge < -0.3 is 9.84 Å². The molecule has 8 heteroatoms. The molecule has 1 aliphatic carbocycles. The maximum atomic E-state index is 6.24. The molecule has 1 aliphatic heterocycles. The number of pyridine rings is 1. The Kier molecular flexibility index (Phi) is 4.32.